The minimum Gasteiger partial charge on any atom is -0.497 e. The second kappa shape index (κ2) is 8.13. The summed E-state index contributed by atoms with van der Waals surface area (Å²) < 4.78 is 5.32. The number of nitrogens with zero attached hydrogens (tertiary/aromatic N) is 3. The van der Waals surface area contributed by atoms with Crippen molar-refractivity contribution < 1.29 is 4.74 Å². The Hall–Kier alpha value is -1.10. The van der Waals surface area contributed by atoms with Crippen LogP contribution in [0.25, 0.3) is 0 Å². The highest BCUT2D eigenvalue weighted by molar-refractivity contribution is 5.28. The van der Waals surface area contributed by atoms with Crippen LogP contribution < -0.4 is 4.74 Å². The van der Waals surface area contributed by atoms with Crippen LogP contribution >= 0.6 is 0 Å². The van der Waals surface area contributed by atoms with Gasteiger partial charge in [-0.05, 0) is 57.1 Å². The molecule has 3 rings (SSSR count). The Kier molecular flexibility index (Phi) is 5.92. The third-order valence-electron chi connectivity index (χ3n) is 5.46. The molecule has 4 nitrogen and oxygen atoms in total. The zero-order chi connectivity index (χ0) is 16.1. The SMILES string of the molecule is COc1cccc(CN2CCN(CCC3CCCN3C)CC2)c1. The first kappa shape index (κ1) is 16.7. The maximum Gasteiger partial charge on any atom is 0.119 e. The van der Waals surface area contributed by atoms with Crippen molar-refractivity contribution in [2.45, 2.75) is 31.8 Å². The van der Waals surface area contributed by atoms with Gasteiger partial charge in [0.25, 0.3) is 0 Å². The Balaban J connectivity index is 1.39. The summed E-state index contributed by atoms with van der Waals surface area (Å²) in [6.45, 7) is 8.37. The lowest BCUT2D eigenvalue weighted by atomic mass is 10.1. The molecular formula is C19H31N3O. The lowest BCUT2D eigenvalue weighted by molar-refractivity contribution is 0.118. The van der Waals surface area contributed by atoms with Gasteiger partial charge in [0.1, 0.15) is 5.75 Å². The summed E-state index contributed by atoms with van der Waals surface area (Å²) in [7, 11) is 4.02. The lowest BCUT2D eigenvalue weighted by Gasteiger charge is -2.35. The zero-order valence-corrected chi connectivity index (χ0v) is 14.7. The number of methoxy groups -OCH3 is 1. The summed E-state index contributed by atoms with van der Waals surface area (Å²) in [6.07, 6.45) is 4.12. The van der Waals surface area contributed by atoms with E-state index in [0.29, 0.717) is 0 Å². The minimum atomic E-state index is 0.824. The van der Waals surface area contributed by atoms with Gasteiger partial charge in [0.05, 0.1) is 7.11 Å². The van der Waals surface area contributed by atoms with Gasteiger partial charge in [-0.25, -0.2) is 0 Å². The van der Waals surface area contributed by atoms with Crippen LogP contribution in [0.2, 0.25) is 0 Å². The maximum atomic E-state index is 5.32. The highest BCUT2D eigenvalue weighted by Crippen LogP contribution is 2.19. The summed E-state index contributed by atoms with van der Waals surface area (Å²) >= 11 is 0. The smallest absolute Gasteiger partial charge is 0.119 e. The van der Waals surface area contributed by atoms with Gasteiger partial charge in [-0.15, -0.1) is 0 Å². The van der Waals surface area contributed by atoms with Gasteiger partial charge in [0.2, 0.25) is 0 Å². The molecule has 2 heterocycles. The number of ether oxygens (including phenoxy) is 1. The molecule has 1 aromatic rings. The standard InChI is InChI=1S/C19H31N3O/c1-20-9-4-6-18(20)8-10-21-11-13-22(14-12-21)16-17-5-3-7-19(15-17)23-2/h3,5,7,15,18H,4,6,8-14,16H2,1-2H3. The van der Waals surface area contributed by atoms with Crippen LogP contribution in [0.15, 0.2) is 24.3 Å². The fraction of sp³-hybridized carbons (Fsp3) is 0.684. The van der Waals surface area contributed by atoms with Crippen LogP contribution in [0.1, 0.15) is 24.8 Å². The van der Waals surface area contributed by atoms with E-state index >= 15 is 0 Å². The highest BCUT2D eigenvalue weighted by atomic mass is 16.5. The Morgan fingerprint density at radius 2 is 1.87 bits per heavy atom. The number of rotatable bonds is 6. The number of benzene rings is 1. The van der Waals surface area contributed by atoms with Gasteiger partial charge in [-0.1, -0.05) is 12.1 Å². The molecular weight excluding hydrogens is 286 g/mol. The summed E-state index contributed by atoms with van der Waals surface area (Å²) in [5.74, 6) is 0.960. The van der Waals surface area contributed by atoms with Crippen molar-refractivity contribution in [2.75, 3.05) is 53.4 Å². The Morgan fingerprint density at radius 1 is 1.09 bits per heavy atom. The van der Waals surface area contributed by atoms with E-state index in [4.69, 9.17) is 4.74 Å². The van der Waals surface area contributed by atoms with E-state index in [1.54, 1.807) is 7.11 Å². The summed E-state index contributed by atoms with van der Waals surface area (Å²) in [5, 5.41) is 0. The quantitative estimate of drug-likeness (QED) is 0.801. The molecule has 128 valence electrons. The molecule has 0 aromatic heterocycles. The highest BCUT2D eigenvalue weighted by Gasteiger charge is 2.23. The molecule has 0 aliphatic carbocycles. The average Bonchev–Trinajstić information content (AvgIpc) is 2.99. The Morgan fingerprint density at radius 3 is 2.57 bits per heavy atom. The second-order valence-corrected chi connectivity index (χ2v) is 7.03. The number of hydrogen-bond donors (Lipinski definition) is 0. The van der Waals surface area contributed by atoms with Crippen molar-refractivity contribution in [3.8, 4) is 5.75 Å². The second-order valence-electron chi connectivity index (χ2n) is 7.03. The van der Waals surface area contributed by atoms with E-state index in [2.05, 4.69) is 39.9 Å². The van der Waals surface area contributed by atoms with Gasteiger partial charge < -0.3 is 14.5 Å². The molecule has 1 unspecified atom stereocenters. The first-order chi connectivity index (χ1) is 11.2. The van der Waals surface area contributed by atoms with Gasteiger partial charge in [-0.2, -0.15) is 0 Å². The van der Waals surface area contributed by atoms with Gasteiger partial charge >= 0.3 is 0 Å². The lowest BCUT2D eigenvalue weighted by Crippen LogP contribution is -2.46. The Labute approximate surface area is 141 Å². The number of hydrogen-bond acceptors (Lipinski definition) is 4. The van der Waals surface area contributed by atoms with E-state index in [0.717, 1.165) is 18.3 Å². The van der Waals surface area contributed by atoms with E-state index in [1.807, 2.05) is 6.07 Å². The van der Waals surface area contributed by atoms with E-state index < -0.39 is 0 Å². The molecule has 0 N–H and O–H groups in total. The summed E-state index contributed by atoms with van der Waals surface area (Å²) in [6, 6.07) is 9.28. The normalized spacial score (nSPS) is 24.2. The van der Waals surface area contributed by atoms with Crippen LogP contribution in [-0.4, -0.2) is 74.2 Å². The van der Waals surface area contributed by atoms with Crippen LogP contribution in [0.5, 0.6) is 5.75 Å². The predicted molar refractivity (Wildman–Crippen MR) is 95.0 cm³/mol. The molecule has 0 radical (unpaired) electrons. The van der Waals surface area contributed by atoms with Gasteiger partial charge in [-0.3, -0.25) is 4.90 Å². The van der Waals surface area contributed by atoms with Crippen LogP contribution in [0.3, 0.4) is 0 Å². The molecule has 4 heteroatoms. The molecule has 0 bridgehead atoms. The van der Waals surface area contributed by atoms with E-state index in [9.17, 15) is 0 Å². The first-order valence-electron chi connectivity index (χ1n) is 9.02. The summed E-state index contributed by atoms with van der Waals surface area (Å²) in [5.41, 5.74) is 1.35. The zero-order valence-electron chi connectivity index (χ0n) is 14.7. The fourth-order valence-corrected chi connectivity index (χ4v) is 3.88. The van der Waals surface area contributed by atoms with Gasteiger partial charge in [0, 0.05) is 38.8 Å². The van der Waals surface area contributed by atoms with E-state index in [-0.39, 0.29) is 0 Å². The van der Waals surface area contributed by atoms with Crippen LogP contribution in [0.4, 0.5) is 0 Å². The molecule has 2 fully saturated rings. The van der Waals surface area contributed by atoms with Gasteiger partial charge in [0.15, 0.2) is 0 Å². The third-order valence-corrected chi connectivity index (χ3v) is 5.46. The average molecular weight is 317 g/mol. The minimum absolute atomic E-state index is 0.824. The topological polar surface area (TPSA) is 19.0 Å². The van der Waals surface area contributed by atoms with Crippen molar-refractivity contribution in [2.24, 2.45) is 0 Å². The van der Waals surface area contributed by atoms with Crippen LogP contribution in [0, 0.1) is 0 Å². The van der Waals surface area contributed by atoms with Crippen molar-refractivity contribution in [1.82, 2.24) is 14.7 Å². The van der Waals surface area contributed by atoms with E-state index in [1.165, 1.54) is 64.1 Å². The maximum absolute atomic E-state index is 5.32. The Bertz CT molecular complexity index is 485. The van der Waals surface area contributed by atoms with Crippen molar-refractivity contribution >= 4 is 0 Å². The monoisotopic (exact) mass is 317 g/mol. The van der Waals surface area contributed by atoms with Crippen molar-refractivity contribution in [1.29, 1.82) is 0 Å². The number of piperazine rings is 1. The largest absolute Gasteiger partial charge is 0.497 e. The fourth-order valence-electron chi connectivity index (χ4n) is 3.88. The number of likely N-dealkylation sites (tertiary alicyclic amines) is 1. The molecule has 2 aliphatic heterocycles. The van der Waals surface area contributed by atoms with Crippen molar-refractivity contribution in [3.63, 3.8) is 0 Å². The molecule has 0 saturated carbocycles. The molecule has 2 aliphatic rings. The molecule has 2 saturated heterocycles. The van der Waals surface area contributed by atoms with Crippen LogP contribution in [-0.2, 0) is 6.54 Å². The first-order valence-corrected chi connectivity index (χ1v) is 9.02. The molecule has 0 amide bonds. The summed E-state index contributed by atoms with van der Waals surface area (Å²) in [4.78, 5) is 7.75. The molecule has 23 heavy (non-hydrogen) atoms. The predicted octanol–water partition coefficient (Wildman–Crippen LogP) is 2.30. The van der Waals surface area contributed by atoms with Crippen molar-refractivity contribution in [3.05, 3.63) is 29.8 Å². The molecule has 1 aromatic carbocycles. The molecule has 1 atom stereocenters. The molecule has 0 spiro atoms. The third kappa shape index (κ3) is 4.69.